The van der Waals surface area contributed by atoms with Crippen LogP contribution < -0.4 is 62.2 Å². The molecule has 6 heterocycles. The van der Waals surface area contributed by atoms with Crippen molar-refractivity contribution in [3.05, 3.63) is 328 Å². The highest BCUT2D eigenvalue weighted by Crippen LogP contribution is 2.48. The van der Waals surface area contributed by atoms with Crippen LogP contribution in [-0.2, 0) is 49.4 Å². The van der Waals surface area contributed by atoms with E-state index in [1.54, 1.807) is 0 Å². The fourth-order valence-electron chi connectivity index (χ4n) is 12.5. The zero-order chi connectivity index (χ0) is 58.1. The first-order valence-corrected chi connectivity index (χ1v) is 44.6. The summed E-state index contributed by atoms with van der Waals surface area (Å²) in [5.74, 6) is 0. The molecule has 6 fully saturated rings. The van der Waals surface area contributed by atoms with Gasteiger partial charge in [0.25, 0.3) is 0 Å². The fraction of sp³-hybridized carbons (Fsp3) is 0. The number of hydrogen-bond acceptors (Lipinski definition) is 12. The maximum absolute atomic E-state index is 8.60. The average Bonchev–Trinajstić information content (AvgIpc) is 0.678. The Hall–Kier alpha value is -7.11. The van der Waals surface area contributed by atoms with Gasteiger partial charge in [-0.15, -0.1) is 0 Å². The number of benzene rings is 11. The van der Waals surface area contributed by atoms with Crippen molar-refractivity contribution in [3.8, 4) is 0 Å². The normalized spacial score (nSPS) is 29.0. The summed E-state index contributed by atoms with van der Waals surface area (Å²) in [5, 5.41) is 8.93. The highest BCUT2D eigenvalue weighted by atomic mass is 28.6. The lowest BCUT2D eigenvalue weighted by Gasteiger charge is -2.62. The van der Waals surface area contributed by atoms with Gasteiger partial charge < -0.3 is 49.4 Å². The zero-order valence-electron chi connectivity index (χ0n) is 46.6. The lowest BCUT2D eigenvalue weighted by Crippen LogP contribution is -2.96. The van der Waals surface area contributed by atoms with Gasteiger partial charge in [0.15, 0.2) is 8.07 Å². The van der Waals surface area contributed by atoms with Crippen LogP contribution in [0.2, 0.25) is 0 Å². The van der Waals surface area contributed by atoms with Crippen LogP contribution in [0.3, 0.4) is 0 Å². The van der Waals surface area contributed by atoms with E-state index in [0.717, 1.165) is 20.7 Å². The van der Waals surface area contributed by atoms with Gasteiger partial charge in [-0.1, -0.05) is 328 Å². The minimum atomic E-state index is -5.12. The highest BCUT2D eigenvalue weighted by molar-refractivity contribution is 7.20. The molecule has 8 bridgehead atoms. The fourth-order valence-corrected chi connectivity index (χ4v) is 63.6. The van der Waals surface area contributed by atoms with Crippen LogP contribution in [0.1, 0.15) is 0 Å². The molecule has 12 nitrogen and oxygen atoms in total. The molecule has 87 heavy (non-hydrogen) atoms. The van der Waals surface area contributed by atoms with E-state index >= 15 is 0 Å². The monoisotopic (exact) mass is 1290 g/mol. The minimum absolute atomic E-state index is 0.549. The molecule has 0 N–H and O–H groups in total. The van der Waals surface area contributed by atoms with Crippen LogP contribution in [0.5, 0.6) is 0 Å². The van der Waals surface area contributed by atoms with Crippen LogP contribution in [-0.4, -0.2) is 78.5 Å². The molecule has 6 aliphatic heterocycles. The second-order valence-electron chi connectivity index (χ2n) is 21.7. The quantitative estimate of drug-likeness (QED) is 0.128. The Bertz CT molecular complexity index is 3850. The highest BCUT2D eigenvalue weighted by Gasteiger charge is 2.86. The van der Waals surface area contributed by atoms with Gasteiger partial charge in [-0.3, -0.25) is 0 Å². The summed E-state index contributed by atoms with van der Waals surface area (Å²) >= 11 is 0. The molecule has 0 unspecified atom stereocenters. The van der Waals surface area contributed by atoms with Crippen LogP contribution >= 0.6 is 0 Å². The lowest BCUT2D eigenvalue weighted by molar-refractivity contribution is -0.00297. The van der Waals surface area contributed by atoms with E-state index in [-0.39, 0.29) is 0 Å². The van der Waals surface area contributed by atoms with Crippen LogP contribution in [0.15, 0.2) is 328 Å². The molecule has 21 heteroatoms. The molecular formula is C66H54O12Si9. The Balaban J connectivity index is 1.10. The second-order valence-corrected chi connectivity index (χ2v) is 48.8. The first-order valence-electron chi connectivity index (χ1n) is 28.8. The molecule has 0 amide bonds. The maximum Gasteiger partial charge on any atom is 0.515 e. The van der Waals surface area contributed by atoms with Crippen molar-refractivity contribution in [1.82, 2.24) is 0 Å². The lowest BCUT2D eigenvalue weighted by atomic mass is 10.3. The van der Waals surface area contributed by atoms with E-state index in [9.17, 15) is 0 Å². The van der Waals surface area contributed by atoms with Crippen molar-refractivity contribution in [3.63, 3.8) is 0 Å². The van der Waals surface area contributed by atoms with Crippen molar-refractivity contribution >= 4 is 141 Å². The molecule has 6 saturated heterocycles. The third kappa shape index (κ3) is 9.06. The molecule has 0 aromatic heterocycles. The largest absolute Gasteiger partial charge is 0.515 e. The van der Waals surface area contributed by atoms with Crippen molar-refractivity contribution in [2.75, 3.05) is 0 Å². The molecule has 0 saturated carbocycles. The van der Waals surface area contributed by atoms with E-state index in [2.05, 4.69) is 109 Å². The first kappa shape index (κ1) is 55.2. The first-order chi connectivity index (χ1) is 42.7. The van der Waals surface area contributed by atoms with Gasteiger partial charge in [-0.2, -0.15) is 0 Å². The molecule has 0 spiro atoms. The summed E-state index contributed by atoms with van der Waals surface area (Å²) in [5.41, 5.74) is 0. The summed E-state index contributed by atoms with van der Waals surface area (Å²) in [7, 11) is -42.9. The van der Waals surface area contributed by atoms with E-state index in [1.807, 2.05) is 218 Å². The maximum atomic E-state index is 8.60. The van der Waals surface area contributed by atoms with Gasteiger partial charge >= 0.3 is 70.4 Å². The standard InChI is InChI=1S/C66H54O12Si9/c1-11-32-55(33-12-1)79(56-34-13-2-14-35-56,57-36-15-3-16-37-57)65-52-31-53-66(54-65)87-76-84(62-46-25-8-26-47-62)70-81(59-40-19-5-20-41-59)67-80(58-38-17-4-18-39-58)68-82(72-84,60-42-21-6-22-43-60)74-86(78-87,64-50-29-10-30-51-64)75-83(69-80,61-44-23-7-24-45-61)73-85(71-81,77-87)63-48-27-9-28-49-63/h1-54H. The third-order valence-corrected chi connectivity index (χ3v) is 55.3. The SMILES string of the molecule is c1ccc([Si]23O[Si]4(c5ccccc5)O[Si]5(c6ccccc6)O[Si](c6ccccc6)(O2)O[Si]2(c6ccccc6)O[Si](c6ccccc6)(O3)O[Si](c3ccccc3)(O4)O[Si](c3cccc([Si](c4ccccc4)(c4ccccc4)c4ccccc4)c3)(O5)O2)cc1. The summed E-state index contributed by atoms with van der Waals surface area (Å²) < 4.78 is 101. The topological polar surface area (TPSA) is 111 Å². The molecule has 11 aromatic carbocycles. The van der Waals surface area contributed by atoms with Crippen LogP contribution in [0.25, 0.3) is 0 Å². The summed E-state index contributed by atoms with van der Waals surface area (Å²) in [6.07, 6.45) is 0. The Labute approximate surface area is 514 Å². The average molecular weight is 1290 g/mol. The second kappa shape index (κ2) is 21.6. The molecule has 0 atom stereocenters. The molecule has 11 aromatic rings. The summed E-state index contributed by atoms with van der Waals surface area (Å²) in [6.45, 7) is 0. The van der Waals surface area contributed by atoms with Gasteiger partial charge in [0.1, 0.15) is 0 Å². The molecule has 0 radical (unpaired) electrons. The van der Waals surface area contributed by atoms with Crippen LogP contribution in [0.4, 0.5) is 0 Å². The Morgan fingerprint density at radius 2 is 0.299 bits per heavy atom. The predicted molar refractivity (Wildman–Crippen MR) is 351 cm³/mol. The van der Waals surface area contributed by atoms with Gasteiger partial charge in [0, 0.05) is 41.5 Å². The van der Waals surface area contributed by atoms with Gasteiger partial charge in [0.2, 0.25) is 0 Å². The van der Waals surface area contributed by atoms with Crippen molar-refractivity contribution in [2.24, 2.45) is 0 Å². The smallest absolute Gasteiger partial charge is 0.366 e. The number of hydrogen-bond donors (Lipinski definition) is 0. The number of rotatable bonds is 12. The summed E-state index contributed by atoms with van der Waals surface area (Å²) in [6, 6.07) is 109. The van der Waals surface area contributed by atoms with E-state index in [1.165, 1.54) is 0 Å². The zero-order valence-corrected chi connectivity index (χ0v) is 55.6. The van der Waals surface area contributed by atoms with Crippen molar-refractivity contribution in [2.45, 2.75) is 0 Å². The van der Waals surface area contributed by atoms with Crippen LogP contribution in [0, 0.1) is 0 Å². The van der Waals surface area contributed by atoms with E-state index < -0.39 is 78.5 Å². The van der Waals surface area contributed by atoms with Gasteiger partial charge in [-0.05, 0) is 20.7 Å². The molecule has 6 aliphatic rings. The Morgan fingerprint density at radius 3 is 0.494 bits per heavy atom. The summed E-state index contributed by atoms with van der Waals surface area (Å²) in [4.78, 5) is 0. The van der Waals surface area contributed by atoms with Crippen molar-refractivity contribution in [1.29, 1.82) is 0 Å². The molecular weight excluding hydrogens is 1240 g/mol. The molecule has 426 valence electrons. The Morgan fingerprint density at radius 1 is 0.149 bits per heavy atom. The molecule has 17 rings (SSSR count). The van der Waals surface area contributed by atoms with Gasteiger partial charge in [-0.25, -0.2) is 0 Å². The van der Waals surface area contributed by atoms with Crippen molar-refractivity contribution < 1.29 is 49.4 Å². The Kier molecular flexibility index (Phi) is 13.7. The minimum Gasteiger partial charge on any atom is -0.366 e. The van der Waals surface area contributed by atoms with Gasteiger partial charge in [0.05, 0.1) is 0 Å². The van der Waals surface area contributed by atoms with E-state index in [4.69, 9.17) is 49.4 Å². The third-order valence-electron chi connectivity index (χ3n) is 16.4. The predicted octanol–water partition coefficient (Wildman–Crippen LogP) is 4.40. The van der Waals surface area contributed by atoms with E-state index in [0.29, 0.717) is 41.5 Å². The molecule has 0 aliphatic carbocycles.